The molecule has 1 N–H and O–H groups in total. The number of ether oxygens (including phenoxy) is 7. The summed E-state index contributed by atoms with van der Waals surface area (Å²) >= 11 is 2.48. The number of β-amino-alcohol motifs (C(OH)–C–C–N with tert-alkyl or cyclic N) is 1. The van der Waals surface area contributed by atoms with E-state index in [0.717, 1.165) is 50.2 Å². The number of thioether (sulfide) groups is 1. The number of Topliss-reactive ketones (excluding diaryl/α,β-unsaturated/α-hetero) is 2. The lowest BCUT2D eigenvalue weighted by atomic mass is 9.76. The number of rotatable bonds is 31. The first-order valence-corrected chi connectivity index (χ1v) is 27.2. The molecule has 0 saturated carbocycles. The van der Waals surface area contributed by atoms with Crippen molar-refractivity contribution in [2.45, 2.75) is 79.4 Å². The van der Waals surface area contributed by atoms with E-state index in [1.807, 2.05) is 89.5 Å². The number of carbonyl (C=O) groups is 5. The van der Waals surface area contributed by atoms with Crippen molar-refractivity contribution in [3.8, 4) is 21.9 Å². The highest BCUT2D eigenvalue weighted by molar-refractivity contribution is 8.18. The molecule has 2 fully saturated rings. The number of aliphatic hydroxyl groups is 1. The number of likely N-dealkylation sites (tertiary alicyclic amines) is 1. The minimum absolute atomic E-state index is 0.0493. The molecule has 0 unspecified atom stereocenters. The van der Waals surface area contributed by atoms with Crippen molar-refractivity contribution in [1.82, 2.24) is 14.8 Å². The van der Waals surface area contributed by atoms with Gasteiger partial charge in [0.05, 0.1) is 119 Å². The summed E-state index contributed by atoms with van der Waals surface area (Å²) in [4.78, 5) is 78.2. The van der Waals surface area contributed by atoms with Gasteiger partial charge >= 0.3 is 0 Å². The number of hydrogen-bond donors (Lipinski definition) is 1. The van der Waals surface area contributed by atoms with Gasteiger partial charge in [-0.1, -0.05) is 57.2 Å². The lowest BCUT2D eigenvalue weighted by molar-refractivity contribution is -0.146. The number of aromatic nitrogens is 1. The quantitative estimate of drug-likeness (QED) is 0.0285. The van der Waals surface area contributed by atoms with Crippen LogP contribution in [0.25, 0.3) is 21.4 Å². The van der Waals surface area contributed by atoms with Gasteiger partial charge in [-0.05, 0) is 103 Å². The Morgan fingerprint density at radius 2 is 1.41 bits per heavy atom. The molecule has 3 amide bonds. The van der Waals surface area contributed by atoms with Crippen molar-refractivity contribution in [3.05, 3.63) is 110 Å². The highest BCUT2D eigenvalue weighted by Gasteiger charge is 2.44. The predicted octanol–water partition coefficient (Wildman–Crippen LogP) is 9.00. The van der Waals surface area contributed by atoms with Gasteiger partial charge in [0.2, 0.25) is 5.91 Å². The van der Waals surface area contributed by atoms with Gasteiger partial charge in [-0.25, -0.2) is 9.83 Å². The molecule has 1 aromatic heterocycles. The van der Waals surface area contributed by atoms with Crippen molar-refractivity contribution in [3.63, 3.8) is 0 Å². The zero-order valence-corrected chi connectivity index (χ0v) is 46.0. The van der Waals surface area contributed by atoms with Gasteiger partial charge in [0, 0.05) is 31.7 Å². The van der Waals surface area contributed by atoms with E-state index in [-0.39, 0.29) is 94.0 Å². The number of imide groups is 1. The number of carbonyl (C=O) groups excluding carboxylic acids is 5. The van der Waals surface area contributed by atoms with E-state index in [9.17, 15) is 29.1 Å². The third-order valence-electron chi connectivity index (χ3n) is 12.8. The van der Waals surface area contributed by atoms with E-state index in [0.29, 0.717) is 74.8 Å². The first-order valence-electron chi connectivity index (χ1n) is 25.5. The van der Waals surface area contributed by atoms with Gasteiger partial charge in [-0.2, -0.15) is 0 Å². The molecule has 4 aromatic rings. The van der Waals surface area contributed by atoms with Crippen LogP contribution in [0.15, 0.2) is 71.1 Å². The van der Waals surface area contributed by atoms with Gasteiger partial charge in [0.1, 0.15) is 18.1 Å². The SMILES string of the molecule is [C-]#[N+]c1ccc(Oc2ccc(/C=C3\SC(=O)N(CCOCCOCCOCCOCCOCCOCC(=O)C[C@H](C(=O)N4C[C@H](O)C[C@H]4C(=O)CCc4ccc(-c5scnc5C)cc4)C(C)(C)C)C3=O)cc2C)c(C)c1. The van der Waals surface area contributed by atoms with E-state index >= 15 is 0 Å². The number of hydrogen-bond acceptors (Lipinski definition) is 16. The van der Waals surface area contributed by atoms with E-state index in [2.05, 4.69) is 9.83 Å². The first-order chi connectivity index (χ1) is 36.5. The Balaban J connectivity index is 0.750. The second-order valence-electron chi connectivity index (χ2n) is 19.6. The average molecular weight is 1080 g/mol. The fourth-order valence-electron chi connectivity index (χ4n) is 8.55. The number of aliphatic hydroxyl groups excluding tert-OH is 1. The number of ketones is 2. The Kier molecular flexibility index (Phi) is 23.3. The highest BCUT2D eigenvalue weighted by Crippen LogP contribution is 2.36. The maximum Gasteiger partial charge on any atom is 0.293 e. The number of benzene rings is 3. The summed E-state index contributed by atoms with van der Waals surface area (Å²) < 4.78 is 39.5. The zero-order valence-electron chi connectivity index (χ0n) is 44.3. The number of nitrogens with zero attached hydrogens (tertiary/aromatic N) is 4. The van der Waals surface area contributed by atoms with Crippen LogP contribution in [0.3, 0.4) is 0 Å². The van der Waals surface area contributed by atoms with Crippen LogP contribution in [0.5, 0.6) is 11.5 Å². The monoisotopic (exact) mass is 1080 g/mol. The van der Waals surface area contributed by atoms with E-state index in [1.54, 1.807) is 35.6 Å². The topological polar surface area (TPSA) is 194 Å². The van der Waals surface area contributed by atoms with Crippen molar-refractivity contribution in [1.29, 1.82) is 0 Å². The number of thiazole rings is 1. The molecule has 408 valence electrons. The summed E-state index contributed by atoms with van der Waals surface area (Å²) in [5.41, 5.74) is 7.31. The summed E-state index contributed by atoms with van der Waals surface area (Å²) in [6, 6.07) is 18.1. The Labute approximate surface area is 454 Å². The summed E-state index contributed by atoms with van der Waals surface area (Å²) in [6.07, 6.45) is 1.75. The van der Waals surface area contributed by atoms with Gasteiger partial charge in [0.15, 0.2) is 17.3 Å². The molecular formula is C57H70N4O13S2. The third kappa shape index (κ3) is 18.0. The van der Waals surface area contributed by atoms with Crippen LogP contribution in [0, 0.1) is 38.7 Å². The van der Waals surface area contributed by atoms with Gasteiger partial charge in [-0.15, -0.1) is 11.3 Å². The van der Waals surface area contributed by atoms with Crippen LogP contribution in [0.4, 0.5) is 10.5 Å². The molecule has 3 atom stereocenters. The van der Waals surface area contributed by atoms with E-state index in [1.165, 1.54) is 9.80 Å². The fraction of sp³-hybridized carbons (Fsp3) is 0.491. The van der Waals surface area contributed by atoms with Crippen LogP contribution < -0.4 is 4.74 Å². The second-order valence-corrected chi connectivity index (χ2v) is 21.5. The standard InChI is InChI=1S/C57H70N4O13S2/c1-38-30-42(11-16-50(38)74-51-17-14-44(58-7)31-39(51)2)32-52-55(66)60(56(67)76-52)18-19-68-20-21-69-22-23-70-24-25-71-26-27-72-28-29-73-36-46(63)33-47(57(4,5)6)54(65)61-35-45(62)34-48(61)49(64)15-10-41-8-12-43(13-9-41)53-40(3)59-37-75-53/h8-9,11-14,16-17,30-32,37,45,47-48,62H,10,15,18-29,33-36H2,1-6H3/b52-32-/t45-,47-,48+/m1/s1. The van der Waals surface area contributed by atoms with Crippen LogP contribution in [-0.4, -0.2) is 153 Å². The molecule has 0 spiro atoms. The molecule has 3 aromatic carbocycles. The molecule has 6 rings (SSSR count). The lowest BCUT2D eigenvalue weighted by Gasteiger charge is -2.34. The minimum Gasteiger partial charge on any atom is -0.457 e. The summed E-state index contributed by atoms with van der Waals surface area (Å²) in [5.74, 6) is -0.409. The van der Waals surface area contributed by atoms with Gasteiger partial charge in [-0.3, -0.25) is 28.9 Å². The maximum atomic E-state index is 14.0. The zero-order chi connectivity index (χ0) is 54.6. The lowest BCUT2D eigenvalue weighted by Crippen LogP contribution is -2.47. The minimum atomic E-state index is -0.815. The average Bonchev–Trinajstić information content (AvgIpc) is 4.09. The molecule has 2 aliphatic rings. The fourth-order valence-corrected chi connectivity index (χ4v) is 10.2. The van der Waals surface area contributed by atoms with Crippen molar-refractivity contribution >= 4 is 63.5 Å². The summed E-state index contributed by atoms with van der Waals surface area (Å²) in [5, 5.41) is 10.2. The smallest absolute Gasteiger partial charge is 0.293 e. The van der Waals surface area contributed by atoms with Crippen molar-refractivity contribution < 1.29 is 62.2 Å². The largest absolute Gasteiger partial charge is 0.457 e. The second kappa shape index (κ2) is 29.7. The molecule has 2 saturated heterocycles. The molecule has 17 nitrogen and oxygen atoms in total. The van der Waals surface area contributed by atoms with Crippen molar-refractivity contribution in [2.75, 3.05) is 92.4 Å². The molecule has 0 bridgehead atoms. The molecule has 19 heteroatoms. The van der Waals surface area contributed by atoms with Crippen LogP contribution >= 0.6 is 23.1 Å². The Morgan fingerprint density at radius 1 is 0.816 bits per heavy atom. The molecule has 3 heterocycles. The summed E-state index contributed by atoms with van der Waals surface area (Å²) in [7, 11) is 0. The Bertz CT molecular complexity index is 2680. The molecular weight excluding hydrogens is 1010 g/mol. The van der Waals surface area contributed by atoms with E-state index in [4.69, 9.17) is 39.7 Å². The van der Waals surface area contributed by atoms with E-state index < -0.39 is 23.5 Å². The molecule has 0 radical (unpaired) electrons. The first kappa shape index (κ1) is 59.6. The molecule has 0 aliphatic carbocycles. The Morgan fingerprint density at radius 3 is 1.97 bits per heavy atom. The van der Waals surface area contributed by atoms with Crippen LogP contribution in [0.2, 0.25) is 0 Å². The maximum absolute atomic E-state index is 14.0. The van der Waals surface area contributed by atoms with Gasteiger partial charge < -0.3 is 43.2 Å². The van der Waals surface area contributed by atoms with Crippen LogP contribution in [0.1, 0.15) is 68.0 Å². The normalized spacial score (nSPS) is 16.7. The molecule has 2 aliphatic heterocycles. The molecule has 76 heavy (non-hydrogen) atoms. The third-order valence-corrected chi connectivity index (χ3v) is 14.7. The number of aryl methyl sites for hydroxylation is 4. The summed E-state index contributed by atoms with van der Waals surface area (Å²) in [6.45, 7) is 22.0. The van der Waals surface area contributed by atoms with Crippen molar-refractivity contribution in [2.24, 2.45) is 11.3 Å². The predicted molar refractivity (Wildman–Crippen MR) is 291 cm³/mol. The number of amides is 3. The highest BCUT2D eigenvalue weighted by atomic mass is 32.2. The van der Waals surface area contributed by atoms with Crippen LogP contribution in [-0.2, 0) is 54.0 Å². The van der Waals surface area contributed by atoms with Gasteiger partial charge in [0.25, 0.3) is 11.1 Å². The Hall–Kier alpha value is -5.66.